The van der Waals surface area contributed by atoms with Crippen LogP contribution in [-0.2, 0) is 0 Å². The second kappa shape index (κ2) is 11.6. The minimum Gasteiger partial charge on any atom is -0.0616 e. The van der Waals surface area contributed by atoms with E-state index < -0.39 is 0 Å². The van der Waals surface area contributed by atoms with Crippen LogP contribution < -0.4 is 0 Å². The number of fused-ring (bicyclic) bond motifs is 5. The van der Waals surface area contributed by atoms with Gasteiger partial charge in [-0.25, -0.2) is 0 Å². The van der Waals surface area contributed by atoms with Gasteiger partial charge in [0.15, 0.2) is 0 Å². The maximum atomic E-state index is 2.39. The van der Waals surface area contributed by atoms with Crippen molar-refractivity contribution in [1.82, 2.24) is 0 Å². The van der Waals surface area contributed by atoms with Crippen molar-refractivity contribution >= 4 is 53.9 Å². The SMILES string of the molecule is c1cc(-c2ccc3ccc(-c4c5ccccc5c(-c5cccc6ccccc56)c5ccccc45)cc3c2)cc(-c2cccc3ccccc23)c1. The Morgan fingerprint density at radius 3 is 1.30 bits per heavy atom. The molecule has 0 N–H and O–H groups in total. The van der Waals surface area contributed by atoms with Crippen LogP contribution in [0.1, 0.15) is 0 Å². The van der Waals surface area contributed by atoms with E-state index in [4.69, 9.17) is 0 Å². The van der Waals surface area contributed by atoms with E-state index in [-0.39, 0.29) is 0 Å². The minimum atomic E-state index is 1.22. The van der Waals surface area contributed by atoms with Gasteiger partial charge in [-0.1, -0.05) is 176 Å². The Morgan fingerprint density at radius 1 is 0.200 bits per heavy atom. The van der Waals surface area contributed by atoms with Gasteiger partial charge in [0, 0.05) is 0 Å². The van der Waals surface area contributed by atoms with Gasteiger partial charge in [0.2, 0.25) is 0 Å². The molecule has 10 aromatic carbocycles. The first-order valence-corrected chi connectivity index (χ1v) is 17.3. The van der Waals surface area contributed by atoms with Gasteiger partial charge < -0.3 is 0 Å². The van der Waals surface area contributed by atoms with Gasteiger partial charge in [-0.2, -0.15) is 0 Å². The highest BCUT2D eigenvalue weighted by Gasteiger charge is 2.18. The maximum absolute atomic E-state index is 2.39. The van der Waals surface area contributed by atoms with Crippen molar-refractivity contribution in [2.75, 3.05) is 0 Å². The average Bonchev–Trinajstić information content (AvgIpc) is 3.19. The molecule has 0 aliphatic carbocycles. The van der Waals surface area contributed by atoms with Gasteiger partial charge in [-0.05, 0) is 117 Å². The highest BCUT2D eigenvalue weighted by molar-refractivity contribution is 6.23. The molecule has 0 heterocycles. The Kier molecular flexibility index (Phi) is 6.60. The third-order valence-electron chi connectivity index (χ3n) is 10.4. The Labute approximate surface area is 291 Å². The molecule has 0 aliphatic rings. The predicted molar refractivity (Wildman–Crippen MR) is 216 cm³/mol. The molecule has 0 bridgehead atoms. The van der Waals surface area contributed by atoms with Gasteiger partial charge in [-0.3, -0.25) is 0 Å². The topological polar surface area (TPSA) is 0 Å². The molecule has 0 heteroatoms. The molecule has 50 heavy (non-hydrogen) atoms. The normalized spacial score (nSPS) is 11.6. The zero-order valence-electron chi connectivity index (χ0n) is 27.5. The first-order valence-electron chi connectivity index (χ1n) is 17.3. The highest BCUT2D eigenvalue weighted by Crippen LogP contribution is 2.45. The third-order valence-corrected chi connectivity index (χ3v) is 10.4. The third kappa shape index (κ3) is 4.61. The van der Waals surface area contributed by atoms with Crippen LogP contribution >= 0.6 is 0 Å². The van der Waals surface area contributed by atoms with Crippen LogP contribution in [0.4, 0.5) is 0 Å². The fourth-order valence-corrected chi connectivity index (χ4v) is 8.10. The van der Waals surface area contributed by atoms with E-state index in [2.05, 4.69) is 194 Å². The molecule has 0 unspecified atom stereocenters. The molecule has 0 aliphatic heterocycles. The first kappa shape index (κ1) is 28.5. The van der Waals surface area contributed by atoms with Crippen LogP contribution in [-0.4, -0.2) is 0 Å². The van der Waals surface area contributed by atoms with Gasteiger partial charge in [-0.15, -0.1) is 0 Å². The number of rotatable bonds is 4. The molecule has 0 saturated heterocycles. The largest absolute Gasteiger partial charge is 0.0616 e. The van der Waals surface area contributed by atoms with Crippen molar-refractivity contribution in [3.8, 4) is 44.5 Å². The van der Waals surface area contributed by atoms with Crippen LogP contribution in [0.2, 0.25) is 0 Å². The minimum absolute atomic E-state index is 1.22. The van der Waals surface area contributed by atoms with Crippen molar-refractivity contribution in [2.24, 2.45) is 0 Å². The van der Waals surface area contributed by atoms with E-state index in [0.29, 0.717) is 0 Å². The van der Waals surface area contributed by atoms with Crippen molar-refractivity contribution in [1.29, 1.82) is 0 Å². The van der Waals surface area contributed by atoms with Crippen molar-refractivity contribution in [3.05, 3.63) is 194 Å². The molecular formula is C50H32. The fourth-order valence-electron chi connectivity index (χ4n) is 8.10. The summed E-state index contributed by atoms with van der Waals surface area (Å²) in [5.74, 6) is 0. The monoisotopic (exact) mass is 632 g/mol. The van der Waals surface area contributed by atoms with E-state index in [1.165, 1.54) is 98.4 Å². The summed E-state index contributed by atoms with van der Waals surface area (Å²) in [7, 11) is 0. The van der Waals surface area contributed by atoms with Crippen molar-refractivity contribution in [3.63, 3.8) is 0 Å². The lowest BCUT2D eigenvalue weighted by molar-refractivity contribution is 1.62. The van der Waals surface area contributed by atoms with Crippen LogP contribution in [0.5, 0.6) is 0 Å². The van der Waals surface area contributed by atoms with Gasteiger partial charge in [0.1, 0.15) is 0 Å². The lowest BCUT2D eigenvalue weighted by atomic mass is 9.84. The van der Waals surface area contributed by atoms with E-state index in [0.717, 1.165) is 0 Å². The molecule has 232 valence electrons. The zero-order valence-corrected chi connectivity index (χ0v) is 27.5. The van der Waals surface area contributed by atoms with E-state index in [9.17, 15) is 0 Å². The molecule has 10 rings (SSSR count). The summed E-state index contributed by atoms with van der Waals surface area (Å²) < 4.78 is 0. The summed E-state index contributed by atoms with van der Waals surface area (Å²) in [5.41, 5.74) is 10.0. The Balaban J connectivity index is 1.15. The summed E-state index contributed by atoms with van der Waals surface area (Å²) in [6, 6.07) is 71.3. The van der Waals surface area contributed by atoms with Crippen LogP contribution in [0.15, 0.2) is 194 Å². The molecule has 0 spiro atoms. The van der Waals surface area contributed by atoms with Crippen molar-refractivity contribution in [2.45, 2.75) is 0 Å². The molecule has 0 fully saturated rings. The summed E-state index contributed by atoms with van der Waals surface area (Å²) in [5, 5.41) is 12.6. The summed E-state index contributed by atoms with van der Waals surface area (Å²) >= 11 is 0. The molecular weight excluding hydrogens is 601 g/mol. The predicted octanol–water partition coefficient (Wildman–Crippen LogP) is 14.1. The smallest absolute Gasteiger partial charge is 0.00201 e. The maximum Gasteiger partial charge on any atom is -0.00201 e. The molecule has 0 nitrogen and oxygen atoms in total. The van der Waals surface area contributed by atoms with E-state index in [1.807, 2.05) is 0 Å². The standard InChI is InChI=1S/C50H32/c1-3-18-41-34(12-1)14-10-24-43(41)38-17-9-16-36(30-38)37-28-26-33-27-29-39(32-40(33)31-37)49-45-20-5-7-22-47(45)50(48-23-8-6-21-46(48)49)44-25-11-15-35-13-2-4-19-42(35)44/h1-32H. The second-order valence-corrected chi connectivity index (χ2v) is 13.3. The summed E-state index contributed by atoms with van der Waals surface area (Å²) in [6.07, 6.45) is 0. The Bertz CT molecular complexity index is 2860. The average molecular weight is 633 g/mol. The van der Waals surface area contributed by atoms with E-state index in [1.54, 1.807) is 0 Å². The van der Waals surface area contributed by atoms with Crippen LogP contribution in [0.3, 0.4) is 0 Å². The lowest BCUT2D eigenvalue weighted by Gasteiger charge is -2.19. The molecule has 0 atom stereocenters. The number of hydrogen-bond acceptors (Lipinski definition) is 0. The van der Waals surface area contributed by atoms with Gasteiger partial charge >= 0.3 is 0 Å². The van der Waals surface area contributed by atoms with Gasteiger partial charge in [0.25, 0.3) is 0 Å². The molecule has 0 saturated carbocycles. The van der Waals surface area contributed by atoms with Crippen LogP contribution in [0, 0.1) is 0 Å². The second-order valence-electron chi connectivity index (χ2n) is 13.3. The molecule has 0 amide bonds. The molecule has 0 radical (unpaired) electrons. The van der Waals surface area contributed by atoms with Crippen LogP contribution in [0.25, 0.3) is 98.4 Å². The molecule has 10 aromatic rings. The number of benzene rings is 10. The van der Waals surface area contributed by atoms with Crippen molar-refractivity contribution < 1.29 is 0 Å². The highest BCUT2D eigenvalue weighted by atomic mass is 14.2. The van der Waals surface area contributed by atoms with E-state index >= 15 is 0 Å². The Morgan fingerprint density at radius 2 is 0.640 bits per heavy atom. The summed E-state index contributed by atoms with van der Waals surface area (Å²) in [6.45, 7) is 0. The summed E-state index contributed by atoms with van der Waals surface area (Å²) in [4.78, 5) is 0. The number of hydrogen-bond donors (Lipinski definition) is 0. The zero-order chi connectivity index (χ0) is 33.0. The quantitative estimate of drug-likeness (QED) is 0.169. The molecule has 0 aromatic heterocycles. The Hall–Kier alpha value is -6.50. The van der Waals surface area contributed by atoms with Gasteiger partial charge in [0.05, 0.1) is 0 Å². The fraction of sp³-hybridized carbons (Fsp3) is 0. The lowest BCUT2D eigenvalue weighted by Crippen LogP contribution is -1.91. The first-order chi connectivity index (χ1) is 24.8.